The highest BCUT2D eigenvalue weighted by molar-refractivity contribution is 7.92. The Labute approximate surface area is 278 Å². The maximum atomic E-state index is 14.6. The molecule has 2 atom stereocenters. The van der Waals surface area contributed by atoms with Gasteiger partial charge in [0, 0.05) is 25.1 Å². The molecule has 0 aliphatic rings. The third kappa shape index (κ3) is 8.92. The Morgan fingerprint density at radius 2 is 1.45 bits per heavy atom. The van der Waals surface area contributed by atoms with Gasteiger partial charge in [-0.25, -0.2) is 8.42 Å². The van der Waals surface area contributed by atoms with Gasteiger partial charge < -0.3 is 19.7 Å². The lowest BCUT2D eigenvalue weighted by atomic mass is 10.0. The Kier molecular flexibility index (Phi) is 12.0. The van der Waals surface area contributed by atoms with E-state index in [1.54, 1.807) is 30.3 Å². The summed E-state index contributed by atoms with van der Waals surface area (Å²) in [7, 11) is -1.30. The van der Waals surface area contributed by atoms with Crippen LogP contribution < -0.4 is 19.1 Å². The third-order valence-corrected chi connectivity index (χ3v) is 9.76. The number of nitrogens with zero attached hydrogens (tertiary/aromatic N) is 2. The van der Waals surface area contributed by atoms with Gasteiger partial charge >= 0.3 is 0 Å². The fourth-order valence-corrected chi connectivity index (χ4v) is 6.66. The van der Waals surface area contributed by atoms with E-state index in [1.807, 2.05) is 75.4 Å². The van der Waals surface area contributed by atoms with E-state index in [1.165, 1.54) is 37.3 Å². The summed E-state index contributed by atoms with van der Waals surface area (Å²) in [5.41, 5.74) is 2.89. The molecule has 0 aliphatic heterocycles. The molecule has 4 aromatic carbocycles. The fourth-order valence-electron chi connectivity index (χ4n) is 5.23. The minimum atomic E-state index is -4.25. The van der Waals surface area contributed by atoms with Crippen molar-refractivity contribution >= 4 is 27.5 Å². The van der Waals surface area contributed by atoms with Crippen LogP contribution in [0.4, 0.5) is 5.69 Å². The predicted octanol–water partition coefficient (Wildman–Crippen LogP) is 5.76. The van der Waals surface area contributed by atoms with E-state index < -0.39 is 28.5 Å². The Morgan fingerprint density at radius 1 is 0.809 bits per heavy atom. The second-order valence-corrected chi connectivity index (χ2v) is 13.3. The number of carbonyl (C=O) groups is 2. The Morgan fingerprint density at radius 3 is 2.06 bits per heavy atom. The molecule has 0 saturated heterocycles. The van der Waals surface area contributed by atoms with Crippen LogP contribution in [0, 0.1) is 6.92 Å². The summed E-state index contributed by atoms with van der Waals surface area (Å²) in [4.78, 5) is 30.1. The van der Waals surface area contributed by atoms with E-state index >= 15 is 0 Å². The lowest BCUT2D eigenvalue weighted by molar-refractivity contribution is -0.140. The largest absolute Gasteiger partial charge is 0.493 e. The first-order valence-corrected chi connectivity index (χ1v) is 17.0. The molecule has 0 saturated carbocycles. The van der Waals surface area contributed by atoms with Crippen molar-refractivity contribution in [1.29, 1.82) is 0 Å². The van der Waals surface area contributed by atoms with E-state index in [2.05, 4.69) is 5.32 Å². The number of hydrogen-bond donors (Lipinski definition) is 1. The van der Waals surface area contributed by atoms with Gasteiger partial charge in [-0.1, -0.05) is 85.3 Å². The van der Waals surface area contributed by atoms with Crippen LogP contribution in [0.3, 0.4) is 0 Å². The summed E-state index contributed by atoms with van der Waals surface area (Å²) in [5.74, 6) is -0.142. The molecule has 4 aromatic rings. The number of methoxy groups -OCH3 is 2. The highest BCUT2D eigenvalue weighted by Crippen LogP contribution is 2.34. The summed E-state index contributed by atoms with van der Waals surface area (Å²) < 4.78 is 40.4. The van der Waals surface area contributed by atoms with Crippen LogP contribution in [-0.4, -0.2) is 58.0 Å². The zero-order valence-corrected chi connectivity index (χ0v) is 28.4. The standard InChI is InChI=1S/C37H43N3O6S/c1-6-28(3)38-37(42)33(23-29-15-9-7-10-16-29)39(25-30-17-13-14-27(2)22-30)36(41)26-40(47(43,44)32-18-11-8-12-19-32)31-20-21-34(45-4)35(24-31)46-5/h7-22,24,28,33H,6,23,25-26H2,1-5H3,(H,38,42). The maximum absolute atomic E-state index is 14.6. The van der Waals surface area contributed by atoms with Crippen LogP contribution in [-0.2, 0) is 32.6 Å². The average molecular weight is 658 g/mol. The lowest BCUT2D eigenvalue weighted by Crippen LogP contribution is -2.54. The number of nitrogens with one attached hydrogen (secondary N) is 1. The molecule has 10 heteroatoms. The molecule has 0 spiro atoms. The van der Waals surface area contributed by atoms with Crippen LogP contribution in [0.15, 0.2) is 108 Å². The SMILES string of the molecule is CCC(C)NC(=O)C(Cc1ccccc1)N(Cc1cccc(C)c1)C(=O)CN(c1ccc(OC)c(OC)c1)S(=O)(=O)c1ccccc1. The quantitative estimate of drug-likeness (QED) is 0.174. The van der Waals surface area contributed by atoms with Gasteiger partial charge in [0.1, 0.15) is 12.6 Å². The minimum Gasteiger partial charge on any atom is -0.493 e. The van der Waals surface area contributed by atoms with Gasteiger partial charge in [-0.05, 0) is 55.7 Å². The molecule has 0 aliphatic carbocycles. The fraction of sp³-hybridized carbons (Fsp3) is 0.297. The van der Waals surface area contributed by atoms with Crippen molar-refractivity contribution in [3.8, 4) is 11.5 Å². The number of rotatable bonds is 15. The lowest BCUT2D eigenvalue weighted by Gasteiger charge is -2.34. The minimum absolute atomic E-state index is 0.0168. The van der Waals surface area contributed by atoms with Gasteiger partial charge in [0.05, 0.1) is 24.8 Å². The van der Waals surface area contributed by atoms with Gasteiger partial charge in [-0.2, -0.15) is 0 Å². The van der Waals surface area contributed by atoms with E-state index in [4.69, 9.17) is 9.47 Å². The Balaban J connectivity index is 1.84. The van der Waals surface area contributed by atoms with E-state index in [0.717, 1.165) is 21.0 Å². The summed E-state index contributed by atoms with van der Waals surface area (Å²) in [5, 5.41) is 3.06. The van der Waals surface area contributed by atoms with E-state index in [9.17, 15) is 18.0 Å². The molecule has 9 nitrogen and oxygen atoms in total. The smallest absolute Gasteiger partial charge is 0.264 e. The van der Waals surface area contributed by atoms with Gasteiger partial charge in [0.2, 0.25) is 11.8 Å². The number of benzene rings is 4. The highest BCUT2D eigenvalue weighted by atomic mass is 32.2. The number of ether oxygens (including phenoxy) is 2. The van der Waals surface area contributed by atoms with Gasteiger partial charge in [0.25, 0.3) is 10.0 Å². The molecule has 4 rings (SSSR count). The number of carbonyl (C=O) groups excluding carboxylic acids is 2. The van der Waals surface area contributed by atoms with Crippen molar-refractivity contribution in [2.75, 3.05) is 25.1 Å². The first-order chi connectivity index (χ1) is 22.6. The van der Waals surface area contributed by atoms with Crippen molar-refractivity contribution in [3.63, 3.8) is 0 Å². The highest BCUT2D eigenvalue weighted by Gasteiger charge is 2.35. The van der Waals surface area contributed by atoms with E-state index in [-0.39, 0.29) is 35.5 Å². The van der Waals surface area contributed by atoms with Gasteiger partial charge in [0.15, 0.2) is 11.5 Å². The summed E-state index contributed by atoms with van der Waals surface area (Å²) in [6.45, 7) is 5.37. The zero-order chi connectivity index (χ0) is 34.0. The topological polar surface area (TPSA) is 105 Å². The zero-order valence-electron chi connectivity index (χ0n) is 27.6. The van der Waals surface area contributed by atoms with Crippen LogP contribution in [0.25, 0.3) is 0 Å². The van der Waals surface area contributed by atoms with Crippen LogP contribution >= 0.6 is 0 Å². The molecular weight excluding hydrogens is 614 g/mol. The number of anilines is 1. The number of hydrogen-bond acceptors (Lipinski definition) is 6. The number of sulfonamides is 1. The van der Waals surface area contributed by atoms with Crippen molar-refractivity contribution in [3.05, 3.63) is 120 Å². The monoisotopic (exact) mass is 657 g/mol. The van der Waals surface area contributed by atoms with Crippen molar-refractivity contribution in [2.24, 2.45) is 0 Å². The summed E-state index contributed by atoms with van der Waals surface area (Å²) in [6, 6.07) is 28.8. The second-order valence-electron chi connectivity index (χ2n) is 11.4. The molecule has 0 radical (unpaired) electrons. The van der Waals surface area contributed by atoms with Crippen LogP contribution in [0.2, 0.25) is 0 Å². The molecule has 2 unspecified atom stereocenters. The molecular formula is C37H43N3O6S. The normalized spacial score (nSPS) is 12.4. The maximum Gasteiger partial charge on any atom is 0.264 e. The summed E-state index contributed by atoms with van der Waals surface area (Å²) >= 11 is 0. The first-order valence-electron chi connectivity index (χ1n) is 15.6. The molecule has 0 aromatic heterocycles. The molecule has 0 heterocycles. The Bertz CT molecular complexity index is 1750. The average Bonchev–Trinajstić information content (AvgIpc) is 3.08. The number of aryl methyl sites for hydroxylation is 1. The van der Waals surface area contributed by atoms with Crippen molar-refractivity contribution in [1.82, 2.24) is 10.2 Å². The molecule has 47 heavy (non-hydrogen) atoms. The van der Waals surface area contributed by atoms with Gasteiger partial charge in [-0.3, -0.25) is 13.9 Å². The molecule has 2 amide bonds. The molecule has 1 N–H and O–H groups in total. The molecule has 0 bridgehead atoms. The third-order valence-electron chi connectivity index (χ3n) is 7.97. The summed E-state index contributed by atoms with van der Waals surface area (Å²) in [6.07, 6.45) is 0.945. The molecule has 0 fully saturated rings. The van der Waals surface area contributed by atoms with E-state index in [0.29, 0.717) is 17.9 Å². The Hall–Kier alpha value is -4.83. The first kappa shape index (κ1) is 35.0. The second kappa shape index (κ2) is 16.1. The van der Waals surface area contributed by atoms with Crippen molar-refractivity contribution < 1.29 is 27.5 Å². The molecule has 248 valence electrons. The number of amides is 2. The predicted molar refractivity (Wildman–Crippen MR) is 184 cm³/mol. The van der Waals surface area contributed by atoms with Gasteiger partial charge in [-0.15, -0.1) is 0 Å². The van der Waals surface area contributed by atoms with Crippen LogP contribution in [0.1, 0.15) is 37.0 Å². The van der Waals surface area contributed by atoms with Crippen molar-refractivity contribution in [2.45, 2.75) is 57.1 Å². The van der Waals surface area contributed by atoms with Crippen LogP contribution in [0.5, 0.6) is 11.5 Å².